The Morgan fingerprint density at radius 2 is 1.22 bits per heavy atom. The third-order valence-corrected chi connectivity index (χ3v) is 9.25. The highest BCUT2D eigenvalue weighted by Crippen LogP contribution is 2.41. The van der Waals surface area contributed by atoms with Gasteiger partial charge in [-0.2, -0.15) is 5.10 Å². The molecule has 2 aromatic heterocycles. The topological polar surface area (TPSA) is 95.9 Å². The van der Waals surface area contributed by atoms with E-state index in [-0.39, 0.29) is 17.3 Å². The highest BCUT2D eigenvalue weighted by atomic mass is 32.1. The molecule has 0 aliphatic heterocycles. The van der Waals surface area contributed by atoms with Crippen molar-refractivity contribution in [2.75, 3.05) is 0 Å². The minimum atomic E-state index is -0.0869. The first kappa shape index (κ1) is 25.2. The summed E-state index contributed by atoms with van der Waals surface area (Å²) in [6.45, 7) is 3.28. The molecule has 2 heterocycles. The van der Waals surface area contributed by atoms with E-state index in [2.05, 4.69) is 35.4 Å². The Kier molecular flexibility index (Phi) is 7.17. The molecule has 0 bridgehead atoms. The summed E-state index contributed by atoms with van der Waals surface area (Å²) < 4.78 is 0. The van der Waals surface area contributed by atoms with Crippen molar-refractivity contribution in [2.24, 2.45) is 10.9 Å². The number of ketones is 1. The van der Waals surface area contributed by atoms with E-state index in [1.807, 2.05) is 11.4 Å². The number of rotatable bonds is 4. The number of thiophene rings is 2. The van der Waals surface area contributed by atoms with Crippen molar-refractivity contribution in [1.29, 1.82) is 0 Å². The van der Waals surface area contributed by atoms with E-state index >= 15 is 0 Å². The second-order valence-corrected chi connectivity index (χ2v) is 11.4. The van der Waals surface area contributed by atoms with Crippen LogP contribution in [0.25, 0.3) is 20.9 Å². The molecule has 2 aliphatic rings. The Labute approximate surface area is 224 Å². The summed E-state index contributed by atoms with van der Waals surface area (Å²) in [4.78, 5) is 13.0. The molecule has 37 heavy (non-hydrogen) atoms. The fraction of sp³-hybridized carbons (Fsp3) is 0.267. The summed E-state index contributed by atoms with van der Waals surface area (Å²) in [5.74, 6) is 5.61. The molecule has 0 amide bonds. The number of Topliss-reactive ketones (excluding diaryl/α,β-unsaturated/α-hetero) is 1. The van der Waals surface area contributed by atoms with Crippen LogP contribution in [0.1, 0.15) is 64.9 Å². The molecule has 2 aromatic carbocycles. The maximum Gasteiger partial charge on any atom is 0.164 e. The molecule has 0 unspecified atom stereocenters. The van der Waals surface area contributed by atoms with Crippen molar-refractivity contribution in [3.8, 4) is 32.4 Å². The van der Waals surface area contributed by atoms with Gasteiger partial charge in [-0.1, -0.05) is 24.3 Å². The fourth-order valence-electron chi connectivity index (χ4n) is 5.12. The fourth-order valence-corrected chi connectivity index (χ4v) is 7.12. The number of benzene rings is 2. The molecule has 4 aromatic rings. The van der Waals surface area contributed by atoms with Crippen LogP contribution in [0.4, 0.5) is 0 Å². The molecule has 6 rings (SSSR count). The quantitative estimate of drug-likeness (QED) is 0.113. The van der Waals surface area contributed by atoms with E-state index in [9.17, 15) is 15.0 Å². The van der Waals surface area contributed by atoms with Crippen LogP contribution < -0.4 is 5.84 Å². The molecule has 0 saturated heterocycles. The standard InChI is InChI=1S/C15H16N2OS.C15H14O2S/c1-9(17-16)13-8-19-15(14(13)18)12-6-5-10-3-2-4-11(10)7-12;1-9(16)13-8-18-15(14(13)17)12-6-5-10-3-2-4-11(10)7-12/h5-8,18H,2-4,16H2,1H3;5-8,17H,2-4H2,1H3. The van der Waals surface area contributed by atoms with Crippen molar-refractivity contribution in [3.63, 3.8) is 0 Å². The van der Waals surface area contributed by atoms with Gasteiger partial charge in [0.15, 0.2) is 5.78 Å². The van der Waals surface area contributed by atoms with Gasteiger partial charge in [-0.15, -0.1) is 22.7 Å². The van der Waals surface area contributed by atoms with E-state index in [0.717, 1.165) is 45.7 Å². The smallest absolute Gasteiger partial charge is 0.164 e. The Bertz CT molecular complexity index is 1510. The van der Waals surface area contributed by atoms with Crippen LogP contribution in [0, 0.1) is 0 Å². The maximum absolute atomic E-state index is 11.3. The van der Waals surface area contributed by atoms with Crippen LogP contribution >= 0.6 is 22.7 Å². The summed E-state index contributed by atoms with van der Waals surface area (Å²) in [6, 6.07) is 12.8. The molecule has 0 radical (unpaired) electrons. The van der Waals surface area contributed by atoms with Gasteiger partial charge in [0, 0.05) is 10.8 Å². The average molecular weight is 531 g/mol. The first-order valence-electron chi connectivity index (χ1n) is 12.5. The van der Waals surface area contributed by atoms with Crippen LogP contribution in [-0.2, 0) is 25.7 Å². The van der Waals surface area contributed by atoms with Gasteiger partial charge in [-0.05, 0) is 97.9 Å². The lowest BCUT2D eigenvalue weighted by atomic mass is 10.0. The first-order valence-corrected chi connectivity index (χ1v) is 14.2. The number of hydrogen-bond donors (Lipinski definition) is 3. The predicted octanol–water partition coefficient (Wildman–Crippen LogP) is 7.10. The molecule has 0 saturated carbocycles. The molecule has 0 spiro atoms. The summed E-state index contributed by atoms with van der Waals surface area (Å²) in [6.07, 6.45) is 7.05. The number of carbonyl (C=O) groups excluding carboxylic acids is 1. The van der Waals surface area contributed by atoms with Gasteiger partial charge in [-0.3, -0.25) is 4.79 Å². The van der Waals surface area contributed by atoms with Crippen molar-refractivity contribution < 1.29 is 15.0 Å². The minimum absolute atomic E-state index is 0.0869. The van der Waals surface area contributed by atoms with Crippen LogP contribution in [-0.4, -0.2) is 21.7 Å². The first-order chi connectivity index (χ1) is 17.9. The van der Waals surface area contributed by atoms with E-state index in [1.165, 1.54) is 71.1 Å². The molecule has 190 valence electrons. The number of aromatic hydroxyl groups is 2. The zero-order chi connectivity index (χ0) is 26.1. The second-order valence-electron chi connectivity index (χ2n) is 9.60. The number of hydrazone groups is 1. The lowest BCUT2D eigenvalue weighted by Crippen LogP contribution is -1.96. The van der Waals surface area contributed by atoms with E-state index in [1.54, 1.807) is 12.3 Å². The van der Waals surface area contributed by atoms with E-state index in [4.69, 9.17) is 5.84 Å². The molecule has 0 fully saturated rings. The van der Waals surface area contributed by atoms with Crippen LogP contribution in [0.15, 0.2) is 52.3 Å². The van der Waals surface area contributed by atoms with Gasteiger partial charge < -0.3 is 16.1 Å². The Balaban J connectivity index is 0.000000152. The van der Waals surface area contributed by atoms with E-state index in [0.29, 0.717) is 11.3 Å². The van der Waals surface area contributed by atoms with Crippen molar-refractivity contribution in [3.05, 3.63) is 80.5 Å². The maximum atomic E-state index is 11.3. The second kappa shape index (κ2) is 10.5. The predicted molar refractivity (Wildman–Crippen MR) is 153 cm³/mol. The number of fused-ring (bicyclic) bond motifs is 2. The van der Waals surface area contributed by atoms with E-state index < -0.39 is 0 Å². The van der Waals surface area contributed by atoms with Gasteiger partial charge >= 0.3 is 0 Å². The number of aryl methyl sites for hydroxylation is 4. The van der Waals surface area contributed by atoms with Crippen molar-refractivity contribution in [1.82, 2.24) is 0 Å². The Morgan fingerprint density at radius 1 is 0.757 bits per heavy atom. The lowest BCUT2D eigenvalue weighted by Gasteiger charge is -2.04. The van der Waals surface area contributed by atoms with Gasteiger partial charge in [0.2, 0.25) is 0 Å². The molecule has 5 nitrogen and oxygen atoms in total. The molecule has 2 aliphatic carbocycles. The van der Waals surface area contributed by atoms with Crippen LogP contribution in [0.5, 0.6) is 11.5 Å². The molecule has 0 atom stereocenters. The Morgan fingerprint density at radius 3 is 1.68 bits per heavy atom. The van der Waals surface area contributed by atoms with Gasteiger partial charge in [0.25, 0.3) is 0 Å². The third kappa shape index (κ3) is 4.93. The normalized spacial score (nSPS) is 14.2. The summed E-state index contributed by atoms with van der Waals surface area (Å²) in [5, 5.41) is 27.7. The zero-order valence-electron chi connectivity index (χ0n) is 21.0. The van der Waals surface area contributed by atoms with Crippen LogP contribution in [0.3, 0.4) is 0 Å². The van der Waals surface area contributed by atoms with Crippen LogP contribution in [0.2, 0.25) is 0 Å². The summed E-state index contributed by atoms with van der Waals surface area (Å²) in [7, 11) is 0. The monoisotopic (exact) mass is 530 g/mol. The Hall–Kier alpha value is -3.42. The average Bonchev–Trinajstić information content (AvgIpc) is 3.69. The zero-order valence-corrected chi connectivity index (χ0v) is 22.6. The van der Waals surface area contributed by atoms with Crippen molar-refractivity contribution >= 4 is 34.2 Å². The van der Waals surface area contributed by atoms with Crippen molar-refractivity contribution in [2.45, 2.75) is 52.4 Å². The molecule has 4 N–H and O–H groups in total. The number of carbonyl (C=O) groups is 1. The lowest BCUT2D eigenvalue weighted by molar-refractivity contribution is 0.101. The third-order valence-electron chi connectivity index (χ3n) is 7.21. The highest BCUT2D eigenvalue weighted by Gasteiger charge is 2.19. The molecule has 7 heteroatoms. The largest absolute Gasteiger partial charge is 0.506 e. The summed E-state index contributed by atoms with van der Waals surface area (Å²) in [5.41, 5.74) is 9.56. The minimum Gasteiger partial charge on any atom is -0.506 e. The van der Waals surface area contributed by atoms with Gasteiger partial charge in [-0.25, -0.2) is 0 Å². The number of nitrogens with zero attached hydrogens (tertiary/aromatic N) is 1. The van der Waals surface area contributed by atoms with Gasteiger partial charge in [0.05, 0.1) is 26.6 Å². The number of hydrogen-bond acceptors (Lipinski definition) is 7. The molecular weight excluding hydrogens is 500 g/mol. The molecular formula is C30H30N2O3S2. The summed E-state index contributed by atoms with van der Waals surface area (Å²) >= 11 is 2.96. The number of nitrogens with two attached hydrogens (primary N) is 1. The highest BCUT2D eigenvalue weighted by molar-refractivity contribution is 7.14. The van der Waals surface area contributed by atoms with Gasteiger partial charge in [0.1, 0.15) is 11.5 Å². The SMILES string of the molecule is CC(=NN)c1csc(-c2ccc3c(c2)CCC3)c1O.CC(=O)c1csc(-c2ccc3c(c2)CCC3)c1O.